The maximum atomic E-state index is 12.6. The molecule has 0 radical (unpaired) electrons. The van der Waals surface area contributed by atoms with Crippen molar-refractivity contribution in [2.24, 2.45) is 0 Å². The van der Waals surface area contributed by atoms with Crippen molar-refractivity contribution >= 4 is 11.6 Å². The molecule has 0 aliphatic heterocycles. The Morgan fingerprint density at radius 3 is 2.40 bits per heavy atom. The summed E-state index contributed by atoms with van der Waals surface area (Å²) in [5, 5.41) is 30.4. The molecule has 2 aromatic carbocycles. The molecule has 3 N–H and O–H groups in total. The minimum absolute atomic E-state index is 0.277. The van der Waals surface area contributed by atoms with E-state index in [1.165, 1.54) is 0 Å². The fourth-order valence-electron chi connectivity index (χ4n) is 2.34. The number of tetrazole rings is 2. The standard InChI is InChI=1S/C15H11N9O/c25-15(10-5-3-4-9(8-10)13-17-21-22-18-13)16-12-7-2-1-6-11(12)14-19-23-24-20-14/h1-8H,(H,16,25)(H,17,18,21,22)(H,19,20,23,24). The fraction of sp³-hybridized carbons (Fsp3) is 0. The molecule has 2 aromatic heterocycles. The molecule has 0 bridgehead atoms. The number of nitrogens with one attached hydrogen (secondary N) is 3. The Morgan fingerprint density at radius 2 is 1.64 bits per heavy atom. The van der Waals surface area contributed by atoms with Gasteiger partial charge in [-0.3, -0.25) is 4.79 Å². The number of hydrogen-bond acceptors (Lipinski definition) is 7. The number of aromatic nitrogens is 8. The minimum Gasteiger partial charge on any atom is -0.321 e. The van der Waals surface area contributed by atoms with Crippen molar-refractivity contribution < 1.29 is 4.79 Å². The van der Waals surface area contributed by atoms with Gasteiger partial charge in [-0.25, -0.2) is 0 Å². The first-order chi connectivity index (χ1) is 12.3. The average Bonchev–Trinajstić information content (AvgIpc) is 3.36. The van der Waals surface area contributed by atoms with Gasteiger partial charge in [-0.2, -0.15) is 10.4 Å². The number of anilines is 1. The van der Waals surface area contributed by atoms with Crippen LogP contribution in [0.3, 0.4) is 0 Å². The Morgan fingerprint density at radius 1 is 0.880 bits per heavy atom. The Bertz CT molecular complexity index is 996. The Kier molecular flexibility index (Phi) is 3.67. The van der Waals surface area contributed by atoms with Crippen LogP contribution in [0.4, 0.5) is 5.69 Å². The molecule has 0 saturated carbocycles. The molecule has 0 atom stereocenters. The number of hydrogen-bond donors (Lipinski definition) is 3. The van der Waals surface area contributed by atoms with Crippen LogP contribution in [0.5, 0.6) is 0 Å². The summed E-state index contributed by atoms with van der Waals surface area (Å²) in [5.41, 5.74) is 2.40. The van der Waals surface area contributed by atoms with E-state index in [0.29, 0.717) is 34.0 Å². The Balaban J connectivity index is 1.63. The van der Waals surface area contributed by atoms with Gasteiger partial charge in [-0.1, -0.05) is 24.3 Å². The molecule has 4 aromatic rings. The maximum absolute atomic E-state index is 12.6. The third-order valence-electron chi connectivity index (χ3n) is 3.49. The lowest BCUT2D eigenvalue weighted by molar-refractivity contribution is 0.102. The molecule has 0 saturated heterocycles. The van der Waals surface area contributed by atoms with Crippen molar-refractivity contribution in [2.75, 3.05) is 5.32 Å². The van der Waals surface area contributed by atoms with Crippen LogP contribution < -0.4 is 5.32 Å². The van der Waals surface area contributed by atoms with Crippen molar-refractivity contribution in [1.82, 2.24) is 41.2 Å². The minimum atomic E-state index is -0.277. The third-order valence-corrected chi connectivity index (χ3v) is 3.49. The monoisotopic (exact) mass is 333 g/mol. The summed E-state index contributed by atoms with van der Waals surface area (Å²) < 4.78 is 0. The van der Waals surface area contributed by atoms with Crippen LogP contribution in [0.25, 0.3) is 22.8 Å². The van der Waals surface area contributed by atoms with Gasteiger partial charge in [-0.15, -0.1) is 20.4 Å². The number of nitrogens with zero attached hydrogens (tertiary/aromatic N) is 6. The molecule has 25 heavy (non-hydrogen) atoms. The highest BCUT2D eigenvalue weighted by atomic mass is 16.1. The number of para-hydroxylation sites is 1. The average molecular weight is 333 g/mol. The van der Waals surface area contributed by atoms with E-state index < -0.39 is 0 Å². The van der Waals surface area contributed by atoms with Gasteiger partial charge in [-0.05, 0) is 34.7 Å². The number of carbonyl (C=O) groups excluding carboxylic acids is 1. The van der Waals surface area contributed by atoms with Crippen LogP contribution >= 0.6 is 0 Å². The molecule has 2 heterocycles. The molecule has 0 unspecified atom stereocenters. The second-order valence-electron chi connectivity index (χ2n) is 5.05. The Hall–Kier alpha value is -3.95. The molecule has 0 fully saturated rings. The quantitative estimate of drug-likeness (QED) is 0.511. The summed E-state index contributed by atoms with van der Waals surface area (Å²) in [7, 11) is 0. The van der Waals surface area contributed by atoms with E-state index >= 15 is 0 Å². The van der Waals surface area contributed by atoms with Crippen molar-refractivity contribution in [3.63, 3.8) is 0 Å². The first-order valence-electron chi connectivity index (χ1n) is 7.29. The van der Waals surface area contributed by atoms with E-state index in [1.54, 1.807) is 36.4 Å². The molecule has 0 aliphatic rings. The largest absolute Gasteiger partial charge is 0.321 e. The van der Waals surface area contributed by atoms with Gasteiger partial charge in [0.15, 0.2) is 0 Å². The zero-order chi connectivity index (χ0) is 17.1. The number of amides is 1. The zero-order valence-corrected chi connectivity index (χ0v) is 12.7. The van der Waals surface area contributed by atoms with Crippen LogP contribution in [0.2, 0.25) is 0 Å². The van der Waals surface area contributed by atoms with Crippen molar-refractivity contribution in [2.45, 2.75) is 0 Å². The number of rotatable bonds is 4. The number of H-pyrrole nitrogens is 2. The summed E-state index contributed by atoms with van der Waals surface area (Å²) in [6.07, 6.45) is 0. The van der Waals surface area contributed by atoms with Crippen LogP contribution in [0.15, 0.2) is 48.5 Å². The number of carbonyl (C=O) groups is 1. The van der Waals surface area contributed by atoms with E-state index in [1.807, 2.05) is 12.1 Å². The van der Waals surface area contributed by atoms with Crippen molar-refractivity contribution in [3.8, 4) is 22.8 Å². The number of benzene rings is 2. The molecule has 1 amide bonds. The molecule has 0 aliphatic carbocycles. The highest BCUT2D eigenvalue weighted by molar-refractivity contribution is 6.06. The second kappa shape index (κ2) is 6.28. The molecule has 4 rings (SSSR count). The van der Waals surface area contributed by atoms with Gasteiger partial charge in [0, 0.05) is 16.7 Å². The van der Waals surface area contributed by atoms with E-state index in [-0.39, 0.29) is 5.91 Å². The first-order valence-corrected chi connectivity index (χ1v) is 7.29. The van der Waals surface area contributed by atoms with Gasteiger partial charge in [0.1, 0.15) is 0 Å². The summed E-state index contributed by atoms with van der Waals surface area (Å²) >= 11 is 0. The highest BCUT2D eigenvalue weighted by Gasteiger charge is 2.14. The molecule has 0 spiro atoms. The second-order valence-corrected chi connectivity index (χ2v) is 5.05. The fourth-order valence-corrected chi connectivity index (χ4v) is 2.34. The summed E-state index contributed by atoms with van der Waals surface area (Å²) in [4.78, 5) is 12.6. The van der Waals surface area contributed by atoms with Crippen LogP contribution in [-0.2, 0) is 0 Å². The van der Waals surface area contributed by atoms with Crippen LogP contribution in [0, 0.1) is 0 Å². The summed E-state index contributed by atoms with van der Waals surface area (Å²) in [5.74, 6) is 0.541. The van der Waals surface area contributed by atoms with Gasteiger partial charge in [0.2, 0.25) is 11.6 Å². The highest BCUT2D eigenvalue weighted by Crippen LogP contribution is 2.25. The Labute approximate surface area is 140 Å². The summed E-state index contributed by atoms with van der Waals surface area (Å²) in [6.45, 7) is 0. The van der Waals surface area contributed by atoms with E-state index in [4.69, 9.17) is 0 Å². The lowest BCUT2D eigenvalue weighted by Crippen LogP contribution is -2.12. The third kappa shape index (κ3) is 2.95. The van der Waals surface area contributed by atoms with Gasteiger partial charge in [0.25, 0.3) is 5.91 Å². The first kappa shape index (κ1) is 14.6. The zero-order valence-electron chi connectivity index (χ0n) is 12.7. The lowest BCUT2D eigenvalue weighted by Gasteiger charge is -2.09. The predicted octanol–water partition coefficient (Wildman–Crippen LogP) is 1.30. The normalized spacial score (nSPS) is 10.6. The SMILES string of the molecule is O=C(Nc1ccccc1-c1nn[nH]n1)c1cccc(-c2nn[nH]n2)c1. The molecule has 10 nitrogen and oxygen atoms in total. The van der Waals surface area contributed by atoms with Crippen LogP contribution in [-0.4, -0.2) is 47.2 Å². The van der Waals surface area contributed by atoms with Gasteiger partial charge < -0.3 is 5.32 Å². The predicted molar refractivity (Wildman–Crippen MR) is 87.2 cm³/mol. The topological polar surface area (TPSA) is 138 Å². The van der Waals surface area contributed by atoms with Gasteiger partial charge in [0.05, 0.1) is 5.69 Å². The molecule has 10 heteroatoms. The molecular weight excluding hydrogens is 322 g/mol. The van der Waals surface area contributed by atoms with E-state index in [0.717, 1.165) is 0 Å². The van der Waals surface area contributed by atoms with Crippen molar-refractivity contribution in [1.29, 1.82) is 0 Å². The van der Waals surface area contributed by atoms with Crippen LogP contribution in [0.1, 0.15) is 10.4 Å². The smallest absolute Gasteiger partial charge is 0.255 e. The van der Waals surface area contributed by atoms with E-state index in [9.17, 15) is 4.79 Å². The lowest BCUT2D eigenvalue weighted by atomic mass is 10.1. The van der Waals surface area contributed by atoms with Crippen molar-refractivity contribution in [3.05, 3.63) is 54.1 Å². The van der Waals surface area contributed by atoms with E-state index in [2.05, 4.69) is 46.6 Å². The molecule has 122 valence electrons. The molecular formula is C15H11N9O. The maximum Gasteiger partial charge on any atom is 0.255 e. The van der Waals surface area contributed by atoms with Gasteiger partial charge >= 0.3 is 0 Å². The number of aromatic amines is 2. The summed E-state index contributed by atoms with van der Waals surface area (Å²) in [6, 6.07) is 14.2.